The molecule has 0 fully saturated rings. The van der Waals surface area contributed by atoms with Gasteiger partial charge in [-0.25, -0.2) is 0 Å². The predicted molar refractivity (Wildman–Crippen MR) is 95.5 cm³/mol. The summed E-state index contributed by atoms with van der Waals surface area (Å²) in [5.74, 6) is 2.52. The van der Waals surface area contributed by atoms with E-state index in [0.29, 0.717) is 6.79 Å². The minimum Gasteiger partial charge on any atom is -0.496 e. The molecule has 24 heavy (non-hydrogen) atoms. The Kier molecular flexibility index (Phi) is 4.76. The first-order valence-corrected chi connectivity index (χ1v) is 7.65. The molecule has 0 bridgehead atoms. The van der Waals surface area contributed by atoms with E-state index >= 15 is 0 Å². The molecule has 1 aliphatic rings. The zero-order valence-corrected chi connectivity index (χ0v) is 14.1. The number of halogens is 1. The summed E-state index contributed by atoms with van der Waals surface area (Å²) in [7, 11) is 1.70. The lowest BCUT2D eigenvalue weighted by molar-refractivity contribution is 0.174. The number of hydrogen-bond acceptors (Lipinski definition) is 4. The molecule has 0 amide bonds. The van der Waals surface area contributed by atoms with Crippen LogP contribution < -0.4 is 14.2 Å². The molecule has 5 heteroatoms. The summed E-state index contributed by atoms with van der Waals surface area (Å²) in [5.41, 5.74) is 3.20. The van der Waals surface area contributed by atoms with Gasteiger partial charge >= 0.3 is 0 Å². The third kappa shape index (κ3) is 3.10. The van der Waals surface area contributed by atoms with E-state index in [2.05, 4.69) is 6.07 Å². The van der Waals surface area contributed by atoms with Gasteiger partial charge < -0.3 is 14.2 Å². The average Bonchev–Trinajstić information content (AvgIpc) is 3.07. The summed E-state index contributed by atoms with van der Waals surface area (Å²) in [4.78, 5) is 4.74. The molecule has 4 nitrogen and oxygen atoms in total. The molecular formula is C19H18ClNO3. The second-order valence-electron chi connectivity index (χ2n) is 5.52. The van der Waals surface area contributed by atoms with Crippen LogP contribution in [0.3, 0.4) is 0 Å². The average molecular weight is 344 g/mol. The van der Waals surface area contributed by atoms with Crippen molar-refractivity contribution >= 4 is 23.3 Å². The highest BCUT2D eigenvalue weighted by molar-refractivity contribution is 5.85. The summed E-state index contributed by atoms with van der Waals surface area (Å²) >= 11 is 0. The van der Waals surface area contributed by atoms with E-state index in [1.54, 1.807) is 7.11 Å². The molecule has 0 unspecified atom stereocenters. The molecule has 0 spiro atoms. The number of nitrogens with zero attached hydrogens (tertiary/aromatic N) is 1. The largest absolute Gasteiger partial charge is 0.496 e. The summed E-state index contributed by atoms with van der Waals surface area (Å²) in [6.45, 7) is 0.308. The van der Waals surface area contributed by atoms with Crippen molar-refractivity contribution in [3.8, 4) is 17.2 Å². The second kappa shape index (κ2) is 6.97. The summed E-state index contributed by atoms with van der Waals surface area (Å²) < 4.78 is 16.3. The topological polar surface area (TPSA) is 40.6 Å². The lowest BCUT2D eigenvalue weighted by Crippen LogP contribution is -1.97. The van der Waals surface area contributed by atoms with Crippen LogP contribution in [0.1, 0.15) is 11.3 Å². The maximum atomic E-state index is 5.50. The molecule has 1 aromatic heterocycles. The van der Waals surface area contributed by atoms with Crippen molar-refractivity contribution in [2.45, 2.75) is 12.8 Å². The number of hydrogen-bond donors (Lipinski definition) is 0. The Hall–Kier alpha value is -2.46. The number of pyridine rings is 1. The van der Waals surface area contributed by atoms with Gasteiger partial charge in [0.2, 0.25) is 6.79 Å². The maximum Gasteiger partial charge on any atom is 0.231 e. The highest BCUT2D eigenvalue weighted by Gasteiger charge is 2.13. The third-order valence-corrected chi connectivity index (χ3v) is 4.06. The van der Waals surface area contributed by atoms with Crippen molar-refractivity contribution in [2.24, 2.45) is 0 Å². The van der Waals surface area contributed by atoms with E-state index in [1.807, 2.05) is 42.5 Å². The van der Waals surface area contributed by atoms with Gasteiger partial charge in [-0.2, -0.15) is 0 Å². The first kappa shape index (κ1) is 16.4. The SMILES string of the molecule is COc1cc(CCc2ccc3c(c2)OCO3)nc2ccccc12.Cl. The highest BCUT2D eigenvalue weighted by Crippen LogP contribution is 2.33. The number of rotatable bonds is 4. The van der Waals surface area contributed by atoms with Crippen molar-refractivity contribution in [1.29, 1.82) is 0 Å². The fraction of sp³-hybridized carbons (Fsp3) is 0.211. The van der Waals surface area contributed by atoms with E-state index in [9.17, 15) is 0 Å². The summed E-state index contributed by atoms with van der Waals surface area (Å²) in [6, 6.07) is 16.1. The van der Waals surface area contributed by atoms with Crippen LogP contribution in [-0.4, -0.2) is 18.9 Å². The van der Waals surface area contributed by atoms with Crippen LogP contribution in [0.25, 0.3) is 10.9 Å². The number of methoxy groups -OCH3 is 1. The van der Waals surface area contributed by atoms with Crippen LogP contribution in [0.4, 0.5) is 0 Å². The molecule has 2 heterocycles. The molecule has 0 N–H and O–H groups in total. The monoisotopic (exact) mass is 343 g/mol. The van der Waals surface area contributed by atoms with E-state index in [0.717, 1.165) is 46.7 Å². The van der Waals surface area contributed by atoms with Gasteiger partial charge in [-0.1, -0.05) is 18.2 Å². The van der Waals surface area contributed by atoms with E-state index < -0.39 is 0 Å². The molecule has 1 aliphatic heterocycles. The number of ether oxygens (including phenoxy) is 3. The van der Waals surface area contributed by atoms with Crippen LogP contribution in [0, 0.1) is 0 Å². The Balaban J connectivity index is 0.00000169. The molecule has 2 aromatic carbocycles. The molecule has 0 aliphatic carbocycles. The zero-order valence-electron chi connectivity index (χ0n) is 13.3. The molecule has 0 saturated carbocycles. The van der Waals surface area contributed by atoms with Crippen molar-refractivity contribution in [1.82, 2.24) is 4.98 Å². The Labute approximate surface area is 146 Å². The molecule has 0 atom stereocenters. The van der Waals surface area contributed by atoms with Crippen LogP contribution in [-0.2, 0) is 12.8 Å². The lowest BCUT2D eigenvalue weighted by Gasteiger charge is -2.09. The van der Waals surface area contributed by atoms with Crippen LogP contribution in [0.2, 0.25) is 0 Å². The van der Waals surface area contributed by atoms with E-state index in [4.69, 9.17) is 19.2 Å². The number of aromatic nitrogens is 1. The quantitative estimate of drug-likeness (QED) is 0.712. The van der Waals surface area contributed by atoms with Gasteiger partial charge in [0, 0.05) is 17.1 Å². The second-order valence-corrected chi connectivity index (χ2v) is 5.52. The van der Waals surface area contributed by atoms with Crippen molar-refractivity contribution in [2.75, 3.05) is 13.9 Å². The first-order chi connectivity index (χ1) is 11.3. The number of aryl methyl sites for hydroxylation is 2. The summed E-state index contributed by atoms with van der Waals surface area (Å²) in [6.07, 6.45) is 1.74. The fourth-order valence-corrected chi connectivity index (χ4v) is 2.86. The van der Waals surface area contributed by atoms with Gasteiger partial charge in [0.1, 0.15) is 5.75 Å². The molecule has 3 aromatic rings. The van der Waals surface area contributed by atoms with Gasteiger partial charge in [-0.05, 0) is 42.7 Å². The first-order valence-electron chi connectivity index (χ1n) is 7.65. The van der Waals surface area contributed by atoms with E-state index in [-0.39, 0.29) is 12.4 Å². The molecule has 0 radical (unpaired) electrons. The minimum atomic E-state index is 0. The number of para-hydroxylation sites is 1. The van der Waals surface area contributed by atoms with Gasteiger partial charge in [0.25, 0.3) is 0 Å². The summed E-state index contributed by atoms with van der Waals surface area (Å²) in [5, 5.41) is 1.04. The Morgan fingerprint density at radius 1 is 1.00 bits per heavy atom. The standard InChI is InChI=1S/C19H17NO3.ClH/c1-21-18-11-14(20-16-5-3-2-4-15(16)18)8-6-13-7-9-17-19(10-13)23-12-22-17;/h2-5,7,9-11H,6,8,12H2,1H3;1H. The van der Waals surface area contributed by atoms with Crippen LogP contribution in [0.5, 0.6) is 17.2 Å². The molecule has 4 rings (SSSR count). The van der Waals surface area contributed by atoms with Gasteiger partial charge in [-0.15, -0.1) is 12.4 Å². The van der Waals surface area contributed by atoms with Crippen molar-refractivity contribution in [3.63, 3.8) is 0 Å². The van der Waals surface area contributed by atoms with Gasteiger partial charge in [-0.3, -0.25) is 4.98 Å². The van der Waals surface area contributed by atoms with E-state index in [1.165, 1.54) is 5.56 Å². The third-order valence-electron chi connectivity index (χ3n) is 4.06. The molecular weight excluding hydrogens is 326 g/mol. The minimum absolute atomic E-state index is 0. The van der Waals surface area contributed by atoms with Gasteiger partial charge in [0.05, 0.1) is 12.6 Å². The Bertz CT molecular complexity index is 866. The normalized spacial score (nSPS) is 12.0. The lowest BCUT2D eigenvalue weighted by atomic mass is 10.1. The smallest absolute Gasteiger partial charge is 0.231 e. The maximum absolute atomic E-state index is 5.50. The Morgan fingerprint density at radius 3 is 2.71 bits per heavy atom. The van der Waals surface area contributed by atoms with Crippen LogP contribution >= 0.6 is 12.4 Å². The molecule has 124 valence electrons. The van der Waals surface area contributed by atoms with Crippen LogP contribution in [0.15, 0.2) is 48.5 Å². The van der Waals surface area contributed by atoms with Crippen molar-refractivity contribution < 1.29 is 14.2 Å². The van der Waals surface area contributed by atoms with Crippen molar-refractivity contribution in [3.05, 3.63) is 59.8 Å². The van der Waals surface area contributed by atoms with Gasteiger partial charge in [0.15, 0.2) is 11.5 Å². The predicted octanol–water partition coefficient (Wildman–Crippen LogP) is 4.18. The molecule has 0 saturated heterocycles. The highest BCUT2D eigenvalue weighted by atomic mass is 35.5. The fourth-order valence-electron chi connectivity index (χ4n) is 2.86. The zero-order chi connectivity index (χ0) is 15.6. The Morgan fingerprint density at radius 2 is 1.83 bits per heavy atom. The number of benzene rings is 2. The number of fused-ring (bicyclic) bond motifs is 2.